The zero-order chi connectivity index (χ0) is 23.1. The number of benzene rings is 2. The van der Waals surface area contributed by atoms with Crippen LogP contribution in [0.3, 0.4) is 0 Å². The third kappa shape index (κ3) is 7.95. The summed E-state index contributed by atoms with van der Waals surface area (Å²) in [6.07, 6.45) is -4.28. The van der Waals surface area contributed by atoms with Crippen molar-refractivity contribution in [1.82, 2.24) is 4.90 Å². The van der Waals surface area contributed by atoms with Crippen molar-refractivity contribution in [1.29, 1.82) is 0 Å². The van der Waals surface area contributed by atoms with Crippen molar-refractivity contribution in [3.05, 3.63) is 65.5 Å². The monoisotopic (exact) mass is 461 g/mol. The third-order valence-corrected chi connectivity index (χ3v) is 6.22. The van der Waals surface area contributed by atoms with E-state index in [1.807, 2.05) is 0 Å². The molecule has 0 amide bonds. The molecule has 0 spiro atoms. The molecule has 0 aliphatic rings. The molecule has 31 heavy (non-hydrogen) atoms. The summed E-state index contributed by atoms with van der Waals surface area (Å²) in [5.41, 5.74) is -0.239. The molecule has 10 heteroatoms. The molecule has 0 saturated carbocycles. The van der Waals surface area contributed by atoms with Gasteiger partial charge in [0.1, 0.15) is 5.82 Å². The van der Waals surface area contributed by atoms with Crippen molar-refractivity contribution in [2.45, 2.75) is 31.0 Å². The molecule has 0 aromatic heterocycles. The highest BCUT2D eigenvalue weighted by molar-refractivity contribution is 7.91. The van der Waals surface area contributed by atoms with Crippen LogP contribution < -0.4 is 0 Å². The Labute approximate surface area is 178 Å². The van der Waals surface area contributed by atoms with Crippen molar-refractivity contribution in [2.75, 3.05) is 25.4 Å². The summed E-state index contributed by atoms with van der Waals surface area (Å²) in [5, 5.41) is 0. The van der Waals surface area contributed by atoms with Gasteiger partial charge in [-0.3, -0.25) is 9.69 Å². The molecule has 0 bridgehead atoms. The second-order valence-electron chi connectivity index (χ2n) is 6.84. The van der Waals surface area contributed by atoms with Crippen LogP contribution in [-0.4, -0.2) is 44.7 Å². The summed E-state index contributed by atoms with van der Waals surface area (Å²) < 4.78 is 80.9. The molecule has 0 heterocycles. The number of alkyl halides is 3. The Balaban J connectivity index is 2.04. The van der Waals surface area contributed by atoms with E-state index >= 15 is 0 Å². The Morgan fingerprint density at radius 1 is 1.03 bits per heavy atom. The van der Waals surface area contributed by atoms with Crippen LogP contribution in [0.1, 0.15) is 24.5 Å². The van der Waals surface area contributed by atoms with Gasteiger partial charge < -0.3 is 4.74 Å². The maximum Gasteiger partial charge on any atom is 0.416 e. The van der Waals surface area contributed by atoms with E-state index < -0.39 is 33.4 Å². The number of hydrogen-bond donors (Lipinski definition) is 0. The molecule has 170 valence electrons. The van der Waals surface area contributed by atoms with Crippen molar-refractivity contribution in [2.24, 2.45) is 0 Å². The Kier molecular flexibility index (Phi) is 8.58. The van der Waals surface area contributed by atoms with E-state index in [0.29, 0.717) is 5.56 Å². The van der Waals surface area contributed by atoms with Gasteiger partial charge in [-0.2, -0.15) is 13.2 Å². The fourth-order valence-corrected chi connectivity index (χ4v) is 4.19. The fourth-order valence-electron chi connectivity index (χ4n) is 2.90. The number of carbonyl (C=O) groups is 1. The van der Waals surface area contributed by atoms with Gasteiger partial charge in [0, 0.05) is 13.1 Å². The van der Waals surface area contributed by atoms with Gasteiger partial charge >= 0.3 is 12.1 Å². The number of halogens is 4. The maximum absolute atomic E-state index is 13.0. The Bertz CT molecular complexity index is 958. The van der Waals surface area contributed by atoms with Gasteiger partial charge in [0.15, 0.2) is 9.84 Å². The topological polar surface area (TPSA) is 63.7 Å². The number of hydrogen-bond acceptors (Lipinski definition) is 5. The summed E-state index contributed by atoms with van der Waals surface area (Å²) in [6.45, 7) is 2.03. The van der Waals surface area contributed by atoms with E-state index in [-0.39, 0.29) is 43.3 Å². The molecule has 2 rings (SSSR count). The maximum atomic E-state index is 13.0. The first-order chi connectivity index (χ1) is 14.5. The first-order valence-electron chi connectivity index (χ1n) is 9.53. The second kappa shape index (κ2) is 10.7. The number of nitrogens with zero attached hydrogens (tertiary/aromatic N) is 1. The predicted octanol–water partition coefficient (Wildman–Crippen LogP) is 4.07. The fraction of sp³-hybridized carbons (Fsp3) is 0.381. The minimum absolute atomic E-state index is 0.00594. The summed E-state index contributed by atoms with van der Waals surface area (Å²) >= 11 is 0. The molecule has 0 atom stereocenters. The predicted molar refractivity (Wildman–Crippen MR) is 106 cm³/mol. The van der Waals surface area contributed by atoms with Crippen LogP contribution in [0.2, 0.25) is 0 Å². The van der Waals surface area contributed by atoms with E-state index in [1.165, 1.54) is 24.3 Å². The Morgan fingerprint density at radius 3 is 2.19 bits per heavy atom. The zero-order valence-electron chi connectivity index (χ0n) is 16.9. The highest BCUT2D eigenvalue weighted by atomic mass is 32.2. The normalized spacial score (nSPS) is 12.2. The van der Waals surface area contributed by atoms with Gasteiger partial charge in [0.25, 0.3) is 0 Å². The van der Waals surface area contributed by atoms with Crippen molar-refractivity contribution >= 4 is 15.8 Å². The standard InChI is InChI=1S/C21H23F4NO4S/c1-2-30-20(27)15-26(14-16-4-6-17(7-5-16)21(23,24)25)12-3-13-31(28,29)19-10-8-18(22)9-11-19/h4-11H,2-3,12-15H2,1H3. The molecular weight excluding hydrogens is 438 g/mol. The second-order valence-corrected chi connectivity index (χ2v) is 8.95. The Hall–Kier alpha value is -2.46. The van der Waals surface area contributed by atoms with E-state index in [2.05, 4.69) is 0 Å². The van der Waals surface area contributed by atoms with Crippen molar-refractivity contribution in [3.63, 3.8) is 0 Å². The molecule has 0 saturated heterocycles. The molecule has 0 fully saturated rings. The Morgan fingerprint density at radius 2 is 1.65 bits per heavy atom. The first-order valence-corrected chi connectivity index (χ1v) is 11.2. The largest absolute Gasteiger partial charge is 0.465 e. The van der Waals surface area contributed by atoms with Gasteiger partial charge in [0.2, 0.25) is 0 Å². The van der Waals surface area contributed by atoms with Crippen LogP contribution in [-0.2, 0) is 32.1 Å². The van der Waals surface area contributed by atoms with Gasteiger partial charge in [-0.05, 0) is 55.3 Å². The van der Waals surface area contributed by atoms with Gasteiger partial charge in [-0.25, -0.2) is 12.8 Å². The molecule has 2 aromatic rings. The molecule has 0 N–H and O–H groups in total. The minimum Gasteiger partial charge on any atom is -0.465 e. The lowest BCUT2D eigenvalue weighted by atomic mass is 10.1. The number of esters is 1. The first kappa shape index (κ1) is 24.8. The van der Waals surface area contributed by atoms with Crippen LogP contribution in [0, 0.1) is 5.82 Å². The lowest BCUT2D eigenvalue weighted by Gasteiger charge is -2.21. The summed E-state index contributed by atoms with van der Waals surface area (Å²) in [6, 6.07) is 9.03. The highest BCUT2D eigenvalue weighted by Crippen LogP contribution is 2.29. The molecular formula is C21H23F4NO4S. The number of carbonyl (C=O) groups excluding carboxylic acids is 1. The molecule has 0 radical (unpaired) electrons. The molecule has 5 nitrogen and oxygen atoms in total. The molecule has 0 unspecified atom stereocenters. The molecule has 0 aliphatic carbocycles. The van der Waals surface area contributed by atoms with Crippen LogP contribution in [0.15, 0.2) is 53.4 Å². The van der Waals surface area contributed by atoms with Crippen molar-refractivity contribution in [3.8, 4) is 0 Å². The quantitative estimate of drug-likeness (QED) is 0.303. The smallest absolute Gasteiger partial charge is 0.416 e. The lowest BCUT2D eigenvalue weighted by molar-refractivity contribution is -0.144. The van der Waals surface area contributed by atoms with Gasteiger partial charge in [-0.1, -0.05) is 12.1 Å². The number of ether oxygens (including phenoxy) is 1. The van der Waals surface area contributed by atoms with Gasteiger partial charge in [0.05, 0.1) is 29.4 Å². The number of sulfone groups is 1. The van der Waals surface area contributed by atoms with Crippen LogP contribution in [0.25, 0.3) is 0 Å². The van der Waals surface area contributed by atoms with Crippen molar-refractivity contribution < 1.29 is 35.5 Å². The molecule has 0 aliphatic heterocycles. The van der Waals surface area contributed by atoms with E-state index in [9.17, 15) is 30.8 Å². The van der Waals surface area contributed by atoms with Gasteiger partial charge in [-0.15, -0.1) is 0 Å². The zero-order valence-corrected chi connectivity index (χ0v) is 17.7. The van der Waals surface area contributed by atoms with E-state index in [4.69, 9.17) is 4.74 Å². The summed E-state index contributed by atoms with van der Waals surface area (Å²) in [7, 11) is -3.64. The van der Waals surface area contributed by atoms with Crippen LogP contribution in [0.4, 0.5) is 17.6 Å². The highest BCUT2D eigenvalue weighted by Gasteiger charge is 2.30. The van der Waals surface area contributed by atoms with Crippen LogP contribution >= 0.6 is 0 Å². The average molecular weight is 461 g/mol. The number of rotatable bonds is 10. The average Bonchev–Trinajstić information content (AvgIpc) is 2.68. The summed E-state index contributed by atoms with van der Waals surface area (Å²) in [5.74, 6) is -1.29. The molecule has 2 aromatic carbocycles. The minimum atomic E-state index is -4.45. The SMILES string of the molecule is CCOC(=O)CN(CCCS(=O)(=O)c1ccc(F)cc1)Cc1ccc(C(F)(F)F)cc1. The van der Waals surface area contributed by atoms with Crippen LogP contribution in [0.5, 0.6) is 0 Å². The van der Waals surface area contributed by atoms with E-state index in [1.54, 1.807) is 11.8 Å². The lowest BCUT2D eigenvalue weighted by Crippen LogP contribution is -2.32. The summed E-state index contributed by atoms with van der Waals surface area (Å²) in [4.78, 5) is 13.5. The van der Waals surface area contributed by atoms with E-state index in [0.717, 1.165) is 24.3 Å². The third-order valence-electron chi connectivity index (χ3n) is 4.41.